The molecule has 110 valence electrons. The fourth-order valence-electron chi connectivity index (χ4n) is 2.13. The summed E-state index contributed by atoms with van der Waals surface area (Å²) in [7, 11) is 3.20. The van der Waals surface area contributed by atoms with E-state index in [1.54, 1.807) is 25.1 Å². The summed E-state index contributed by atoms with van der Waals surface area (Å²) < 4.78 is 12.2. The van der Waals surface area contributed by atoms with Gasteiger partial charge in [-0.3, -0.25) is 0 Å². The lowest BCUT2D eigenvalue weighted by atomic mass is 10.3. The molecular formula is C13H16N6O2. The fraction of sp³-hybridized carbons (Fsp3) is 0.308. The summed E-state index contributed by atoms with van der Waals surface area (Å²) in [5.74, 6) is 2.08. The number of hydrogen-bond donors (Lipinski definition) is 2. The van der Waals surface area contributed by atoms with Crippen LogP contribution in [0.25, 0.3) is 11.0 Å². The maximum Gasteiger partial charge on any atom is 0.163 e. The van der Waals surface area contributed by atoms with E-state index < -0.39 is 0 Å². The molecule has 0 aliphatic carbocycles. The van der Waals surface area contributed by atoms with Gasteiger partial charge in [-0.15, -0.1) is 5.10 Å². The van der Waals surface area contributed by atoms with Crippen molar-refractivity contribution in [3.8, 4) is 11.5 Å². The normalized spacial score (nSPS) is 11.0. The van der Waals surface area contributed by atoms with E-state index in [2.05, 4.69) is 20.3 Å². The second-order valence-electron chi connectivity index (χ2n) is 4.52. The number of benzene rings is 1. The molecule has 0 radical (unpaired) electrons. The molecule has 0 saturated carbocycles. The van der Waals surface area contributed by atoms with Crippen LogP contribution in [0.3, 0.4) is 0 Å². The van der Waals surface area contributed by atoms with Crippen LogP contribution in [0.15, 0.2) is 18.3 Å². The molecule has 2 aromatic heterocycles. The van der Waals surface area contributed by atoms with E-state index >= 15 is 0 Å². The maximum atomic E-state index is 5.51. The fourth-order valence-corrected chi connectivity index (χ4v) is 2.13. The summed E-state index contributed by atoms with van der Waals surface area (Å²) in [6.07, 6.45) is 1.80. The van der Waals surface area contributed by atoms with Crippen LogP contribution >= 0.6 is 0 Å². The second-order valence-corrected chi connectivity index (χ2v) is 4.52. The Kier molecular flexibility index (Phi) is 3.44. The predicted octanol–water partition coefficient (Wildman–Crippen LogP) is 0.679. The predicted molar refractivity (Wildman–Crippen MR) is 76.2 cm³/mol. The van der Waals surface area contributed by atoms with Crippen LogP contribution in [-0.2, 0) is 13.1 Å². The number of nitrogens with two attached hydrogens (primary N) is 1. The number of aromatic nitrogens is 5. The van der Waals surface area contributed by atoms with Gasteiger partial charge in [0.2, 0.25) is 0 Å². The first-order chi connectivity index (χ1) is 10.2. The minimum absolute atomic E-state index is 0.370. The minimum atomic E-state index is 0.370. The molecule has 0 bridgehead atoms. The van der Waals surface area contributed by atoms with E-state index in [-0.39, 0.29) is 0 Å². The largest absolute Gasteiger partial charge is 0.493 e. The van der Waals surface area contributed by atoms with Gasteiger partial charge in [-0.25, -0.2) is 9.67 Å². The van der Waals surface area contributed by atoms with Crippen molar-refractivity contribution in [1.29, 1.82) is 0 Å². The van der Waals surface area contributed by atoms with Crippen molar-refractivity contribution in [2.75, 3.05) is 14.2 Å². The molecule has 0 fully saturated rings. The standard InChI is InChI=1S/C13H16N6O2/c1-20-11-3-9-10(4-12(11)21-2)16-13(15-9)7-19-6-8(5-14)17-18-19/h3-4,6H,5,7,14H2,1-2H3,(H,15,16). The SMILES string of the molecule is COc1cc2nc(Cn3cc(CN)nn3)[nH]c2cc1OC. The van der Waals surface area contributed by atoms with Crippen LogP contribution in [-0.4, -0.2) is 39.2 Å². The van der Waals surface area contributed by atoms with Gasteiger partial charge in [-0.1, -0.05) is 5.21 Å². The molecule has 0 saturated heterocycles. The van der Waals surface area contributed by atoms with Gasteiger partial charge in [0.25, 0.3) is 0 Å². The topological polar surface area (TPSA) is 104 Å². The molecule has 8 nitrogen and oxygen atoms in total. The van der Waals surface area contributed by atoms with Crippen LogP contribution in [0.4, 0.5) is 0 Å². The van der Waals surface area contributed by atoms with Gasteiger partial charge in [0.05, 0.1) is 37.1 Å². The number of rotatable bonds is 5. The third-order valence-electron chi connectivity index (χ3n) is 3.14. The van der Waals surface area contributed by atoms with Gasteiger partial charge in [0.1, 0.15) is 12.4 Å². The Morgan fingerprint density at radius 3 is 2.67 bits per heavy atom. The summed E-state index contributed by atoms with van der Waals surface area (Å²) in [6, 6.07) is 3.69. The first-order valence-electron chi connectivity index (χ1n) is 6.43. The molecule has 0 unspecified atom stereocenters. The van der Waals surface area contributed by atoms with Crippen molar-refractivity contribution in [2.24, 2.45) is 5.73 Å². The molecule has 0 aliphatic heterocycles. The van der Waals surface area contributed by atoms with E-state index in [1.807, 2.05) is 12.1 Å². The highest BCUT2D eigenvalue weighted by atomic mass is 16.5. The number of H-pyrrole nitrogens is 1. The molecule has 3 aromatic rings. The van der Waals surface area contributed by atoms with Gasteiger partial charge >= 0.3 is 0 Å². The van der Waals surface area contributed by atoms with Crippen LogP contribution < -0.4 is 15.2 Å². The molecule has 8 heteroatoms. The first-order valence-corrected chi connectivity index (χ1v) is 6.43. The molecule has 1 aromatic carbocycles. The van der Waals surface area contributed by atoms with Gasteiger partial charge in [0.15, 0.2) is 11.5 Å². The number of imidazole rings is 1. The van der Waals surface area contributed by atoms with Crippen molar-refractivity contribution in [3.05, 3.63) is 29.8 Å². The number of nitrogens with zero attached hydrogens (tertiary/aromatic N) is 4. The van der Waals surface area contributed by atoms with Crippen molar-refractivity contribution in [2.45, 2.75) is 13.1 Å². The zero-order valence-electron chi connectivity index (χ0n) is 11.8. The van der Waals surface area contributed by atoms with Crippen LogP contribution in [0.5, 0.6) is 11.5 Å². The summed E-state index contributed by atoms with van der Waals surface area (Å²) in [5.41, 5.74) is 7.94. The van der Waals surface area contributed by atoms with E-state index in [1.165, 1.54) is 0 Å². The summed E-state index contributed by atoms with van der Waals surface area (Å²) >= 11 is 0. The van der Waals surface area contributed by atoms with Crippen molar-refractivity contribution in [3.63, 3.8) is 0 Å². The molecule has 0 spiro atoms. The van der Waals surface area contributed by atoms with Crippen LogP contribution in [0.1, 0.15) is 11.5 Å². The Balaban J connectivity index is 1.93. The van der Waals surface area contributed by atoms with Gasteiger partial charge < -0.3 is 20.2 Å². The Hall–Kier alpha value is -2.61. The highest BCUT2D eigenvalue weighted by molar-refractivity contribution is 5.79. The molecule has 0 atom stereocenters. The number of ether oxygens (including phenoxy) is 2. The average Bonchev–Trinajstić information content (AvgIpc) is 3.11. The molecular weight excluding hydrogens is 272 g/mol. The van der Waals surface area contributed by atoms with E-state index in [0.29, 0.717) is 24.6 Å². The number of hydrogen-bond acceptors (Lipinski definition) is 6. The molecule has 3 N–H and O–H groups in total. The Morgan fingerprint density at radius 1 is 1.24 bits per heavy atom. The molecule has 3 rings (SSSR count). The molecule has 2 heterocycles. The molecule has 0 amide bonds. The quantitative estimate of drug-likeness (QED) is 0.715. The van der Waals surface area contributed by atoms with Crippen molar-refractivity contribution in [1.82, 2.24) is 25.0 Å². The lowest BCUT2D eigenvalue weighted by Crippen LogP contribution is -2.02. The third kappa shape index (κ3) is 2.52. The Morgan fingerprint density at radius 2 is 2.00 bits per heavy atom. The zero-order valence-corrected chi connectivity index (χ0v) is 11.8. The highest BCUT2D eigenvalue weighted by Gasteiger charge is 2.10. The third-order valence-corrected chi connectivity index (χ3v) is 3.14. The number of fused-ring (bicyclic) bond motifs is 1. The second kappa shape index (κ2) is 5.41. The lowest BCUT2D eigenvalue weighted by molar-refractivity contribution is 0.356. The van der Waals surface area contributed by atoms with E-state index in [4.69, 9.17) is 15.2 Å². The maximum absolute atomic E-state index is 5.51. The average molecular weight is 288 g/mol. The molecule has 0 aliphatic rings. The van der Waals surface area contributed by atoms with Crippen LogP contribution in [0, 0.1) is 0 Å². The summed E-state index contributed by atoms with van der Waals surface area (Å²) in [4.78, 5) is 7.75. The zero-order chi connectivity index (χ0) is 14.8. The van der Waals surface area contributed by atoms with Crippen molar-refractivity contribution >= 4 is 11.0 Å². The lowest BCUT2D eigenvalue weighted by Gasteiger charge is -2.06. The summed E-state index contributed by atoms with van der Waals surface area (Å²) in [5, 5.41) is 7.94. The van der Waals surface area contributed by atoms with E-state index in [9.17, 15) is 0 Å². The van der Waals surface area contributed by atoms with Gasteiger partial charge in [-0.05, 0) is 0 Å². The number of methoxy groups -OCH3 is 2. The number of aromatic amines is 1. The van der Waals surface area contributed by atoms with Crippen molar-refractivity contribution < 1.29 is 9.47 Å². The minimum Gasteiger partial charge on any atom is -0.493 e. The highest BCUT2D eigenvalue weighted by Crippen LogP contribution is 2.31. The molecule has 21 heavy (non-hydrogen) atoms. The first kappa shape index (κ1) is 13.4. The van der Waals surface area contributed by atoms with Gasteiger partial charge in [0, 0.05) is 18.7 Å². The number of nitrogens with one attached hydrogen (secondary N) is 1. The monoisotopic (exact) mass is 288 g/mol. The summed E-state index contributed by atoms with van der Waals surface area (Å²) in [6.45, 7) is 0.862. The Labute approximate surface area is 120 Å². The van der Waals surface area contributed by atoms with E-state index in [0.717, 1.165) is 22.6 Å². The van der Waals surface area contributed by atoms with Gasteiger partial charge in [-0.2, -0.15) is 0 Å². The smallest absolute Gasteiger partial charge is 0.163 e. The van der Waals surface area contributed by atoms with Crippen LogP contribution in [0.2, 0.25) is 0 Å². The Bertz CT molecular complexity index is 722.